The van der Waals surface area contributed by atoms with Crippen LogP contribution in [-0.2, 0) is 9.59 Å². The summed E-state index contributed by atoms with van der Waals surface area (Å²) in [6, 6.07) is 0. The van der Waals surface area contributed by atoms with Gasteiger partial charge in [-0.2, -0.15) is 0 Å². The van der Waals surface area contributed by atoms with Crippen molar-refractivity contribution >= 4 is 11.6 Å². The number of carbonyl (C=O) groups is 2. The standard InChI is InChI=1S/C21H32O2/c1-13(22)17-6-7-18-16-5-4-14-12-15(23)8-10-20(14,2)19(16)9-11-21(17,18)3/h14,16-19H,4-12H2,1-3H3/t14-,16-,17-,18-,19+,20-,21+/m0/s1. The Kier molecular flexibility index (Phi) is 3.56. The lowest BCUT2D eigenvalue weighted by Crippen LogP contribution is -2.53. The molecule has 0 heterocycles. The molecule has 0 N–H and O–H groups in total. The minimum atomic E-state index is 0.265. The second-order valence-corrected chi connectivity index (χ2v) is 9.68. The summed E-state index contributed by atoms with van der Waals surface area (Å²) in [7, 11) is 0. The average molecular weight is 316 g/mol. The Morgan fingerprint density at radius 3 is 2.43 bits per heavy atom. The largest absolute Gasteiger partial charge is 0.300 e. The molecule has 0 bridgehead atoms. The summed E-state index contributed by atoms with van der Waals surface area (Å²) in [5.41, 5.74) is 0.660. The first-order chi connectivity index (χ1) is 10.9. The maximum Gasteiger partial charge on any atom is 0.133 e. The molecule has 0 aromatic rings. The molecule has 0 aliphatic heterocycles. The molecule has 2 nitrogen and oxygen atoms in total. The summed E-state index contributed by atoms with van der Waals surface area (Å²) in [5, 5.41) is 0. The molecule has 0 aromatic heterocycles. The quantitative estimate of drug-likeness (QED) is 0.696. The van der Waals surface area contributed by atoms with Crippen molar-refractivity contribution in [3.05, 3.63) is 0 Å². The fraction of sp³-hybridized carbons (Fsp3) is 0.905. The fourth-order valence-electron chi connectivity index (χ4n) is 7.71. The van der Waals surface area contributed by atoms with Gasteiger partial charge in [0.15, 0.2) is 0 Å². The number of hydrogen-bond acceptors (Lipinski definition) is 2. The Balaban J connectivity index is 1.63. The number of hydrogen-bond donors (Lipinski definition) is 0. The molecule has 0 spiro atoms. The van der Waals surface area contributed by atoms with Gasteiger partial charge in [-0.25, -0.2) is 0 Å². The first-order valence-electron chi connectivity index (χ1n) is 9.88. The second-order valence-electron chi connectivity index (χ2n) is 9.68. The lowest BCUT2D eigenvalue weighted by atomic mass is 9.44. The van der Waals surface area contributed by atoms with Crippen LogP contribution in [0, 0.1) is 40.4 Å². The van der Waals surface area contributed by atoms with E-state index >= 15 is 0 Å². The van der Waals surface area contributed by atoms with E-state index in [-0.39, 0.29) is 5.41 Å². The van der Waals surface area contributed by atoms with Gasteiger partial charge in [0.1, 0.15) is 11.6 Å². The number of ketones is 2. The van der Waals surface area contributed by atoms with Crippen molar-refractivity contribution < 1.29 is 9.59 Å². The molecule has 7 atom stereocenters. The van der Waals surface area contributed by atoms with Crippen molar-refractivity contribution in [2.45, 2.75) is 78.6 Å². The molecule has 128 valence electrons. The van der Waals surface area contributed by atoms with E-state index in [2.05, 4.69) is 13.8 Å². The Morgan fingerprint density at radius 2 is 1.70 bits per heavy atom. The molecule has 2 heteroatoms. The predicted molar refractivity (Wildman–Crippen MR) is 90.9 cm³/mol. The van der Waals surface area contributed by atoms with Gasteiger partial charge in [0.25, 0.3) is 0 Å². The van der Waals surface area contributed by atoms with Crippen molar-refractivity contribution in [2.24, 2.45) is 40.4 Å². The highest BCUT2D eigenvalue weighted by Crippen LogP contribution is 2.67. The van der Waals surface area contributed by atoms with Crippen LogP contribution in [0.3, 0.4) is 0 Å². The van der Waals surface area contributed by atoms with Crippen LogP contribution in [0.1, 0.15) is 78.6 Å². The van der Waals surface area contributed by atoms with E-state index in [0.717, 1.165) is 43.4 Å². The van der Waals surface area contributed by atoms with Gasteiger partial charge in [0.05, 0.1) is 0 Å². The summed E-state index contributed by atoms with van der Waals surface area (Å²) >= 11 is 0. The van der Waals surface area contributed by atoms with E-state index in [1.807, 2.05) is 6.92 Å². The average Bonchev–Trinajstić information content (AvgIpc) is 2.85. The first-order valence-corrected chi connectivity index (χ1v) is 9.88. The SMILES string of the molecule is CC(=O)[C@@H]1CC[C@H]2[C@@H]3CC[C@H]4CC(=O)CC[C@]4(C)[C@@H]3CC[C@]12C. The van der Waals surface area contributed by atoms with Gasteiger partial charge in [-0.3, -0.25) is 9.59 Å². The number of fused-ring (bicyclic) bond motifs is 5. The van der Waals surface area contributed by atoms with E-state index in [4.69, 9.17) is 0 Å². The summed E-state index contributed by atoms with van der Waals surface area (Å²) in [6.07, 6.45) is 10.3. The molecule has 4 aliphatic carbocycles. The Bertz CT molecular complexity index is 538. The fourth-order valence-corrected chi connectivity index (χ4v) is 7.71. The van der Waals surface area contributed by atoms with Gasteiger partial charge in [-0.1, -0.05) is 13.8 Å². The Hall–Kier alpha value is -0.660. The van der Waals surface area contributed by atoms with Gasteiger partial charge < -0.3 is 0 Å². The molecule has 0 unspecified atom stereocenters. The van der Waals surface area contributed by atoms with Crippen molar-refractivity contribution in [3.63, 3.8) is 0 Å². The minimum absolute atomic E-state index is 0.265. The van der Waals surface area contributed by atoms with E-state index in [9.17, 15) is 9.59 Å². The van der Waals surface area contributed by atoms with E-state index in [0.29, 0.717) is 28.8 Å². The van der Waals surface area contributed by atoms with Crippen molar-refractivity contribution in [1.82, 2.24) is 0 Å². The van der Waals surface area contributed by atoms with Crippen molar-refractivity contribution in [1.29, 1.82) is 0 Å². The highest BCUT2D eigenvalue weighted by atomic mass is 16.1. The molecule has 0 aromatic carbocycles. The Labute approximate surface area is 140 Å². The lowest BCUT2D eigenvalue weighted by molar-refractivity contribution is -0.143. The van der Waals surface area contributed by atoms with Crippen molar-refractivity contribution in [3.8, 4) is 0 Å². The van der Waals surface area contributed by atoms with Crippen LogP contribution < -0.4 is 0 Å². The third-order valence-corrected chi connectivity index (χ3v) is 8.97. The lowest BCUT2D eigenvalue weighted by Gasteiger charge is -2.60. The highest BCUT2D eigenvalue weighted by Gasteiger charge is 2.60. The topological polar surface area (TPSA) is 34.1 Å². The first kappa shape index (κ1) is 15.8. The van der Waals surface area contributed by atoms with Gasteiger partial charge in [-0.15, -0.1) is 0 Å². The number of Topliss-reactive ketones (excluding diaryl/α,β-unsaturated/α-hetero) is 2. The van der Waals surface area contributed by atoms with E-state index in [1.165, 1.54) is 32.1 Å². The second kappa shape index (κ2) is 5.17. The highest BCUT2D eigenvalue weighted by molar-refractivity contribution is 5.80. The molecular formula is C21H32O2. The number of rotatable bonds is 1. The summed E-state index contributed by atoms with van der Waals surface area (Å²) in [5.74, 6) is 4.25. The third-order valence-electron chi connectivity index (χ3n) is 8.97. The van der Waals surface area contributed by atoms with Crippen LogP contribution in [0.2, 0.25) is 0 Å². The zero-order valence-corrected chi connectivity index (χ0v) is 15.1. The van der Waals surface area contributed by atoms with Crippen LogP contribution in [0.5, 0.6) is 0 Å². The molecule has 23 heavy (non-hydrogen) atoms. The molecule has 0 saturated heterocycles. The maximum absolute atomic E-state index is 12.2. The molecular weight excluding hydrogens is 284 g/mol. The maximum atomic E-state index is 12.2. The molecule has 4 saturated carbocycles. The normalized spacial score (nSPS) is 52.5. The molecule has 4 rings (SSSR count). The van der Waals surface area contributed by atoms with Crippen LogP contribution in [0.25, 0.3) is 0 Å². The van der Waals surface area contributed by atoms with Gasteiger partial charge in [-0.05, 0) is 86.4 Å². The number of carbonyl (C=O) groups excluding carboxylic acids is 2. The third kappa shape index (κ3) is 2.12. The predicted octanol–water partition coefficient (Wildman–Crippen LogP) is 4.80. The summed E-state index contributed by atoms with van der Waals surface area (Å²) in [4.78, 5) is 24.1. The molecule has 4 aliphatic rings. The van der Waals surface area contributed by atoms with Gasteiger partial charge >= 0.3 is 0 Å². The summed E-state index contributed by atoms with van der Waals surface area (Å²) < 4.78 is 0. The van der Waals surface area contributed by atoms with Gasteiger partial charge in [0, 0.05) is 18.8 Å². The molecule has 4 fully saturated rings. The zero-order valence-electron chi connectivity index (χ0n) is 15.1. The van der Waals surface area contributed by atoms with Crippen molar-refractivity contribution in [2.75, 3.05) is 0 Å². The molecule has 0 radical (unpaired) electrons. The zero-order chi connectivity index (χ0) is 16.4. The van der Waals surface area contributed by atoms with Gasteiger partial charge in [0.2, 0.25) is 0 Å². The van der Waals surface area contributed by atoms with E-state index < -0.39 is 0 Å². The van der Waals surface area contributed by atoms with Crippen LogP contribution in [-0.4, -0.2) is 11.6 Å². The minimum Gasteiger partial charge on any atom is -0.300 e. The van der Waals surface area contributed by atoms with E-state index in [1.54, 1.807) is 0 Å². The smallest absolute Gasteiger partial charge is 0.133 e. The van der Waals surface area contributed by atoms with Crippen LogP contribution in [0.4, 0.5) is 0 Å². The monoisotopic (exact) mass is 316 g/mol. The van der Waals surface area contributed by atoms with Crippen LogP contribution in [0.15, 0.2) is 0 Å². The Morgan fingerprint density at radius 1 is 0.957 bits per heavy atom. The summed E-state index contributed by atoms with van der Waals surface area (Å²) in [6.45, 7) is 6.74. The van der Waals surface area contributed by atoms with Crippen LogP contribution >= 0.6 is 0 Å². The molecule has 0 amide bonds.